The highest BCUT2D eigenvalue weighted by molar-refractivity contribution is 5.81. The number of anilines is 1. The zero-order chi connectivity index (χ0) is 24.5. The number of amides is 3. The molecule has 2 saturated heterocycles. The number of alkyl halides is 3. The smallest absolute Gasteiger partial charge is 0.371 e. The number of benzene rings is 1. The predicted molar refractivity (Wildman–Crippen MR) is 120 cm³/mol. The number of nitriles is 1. The highest BCUT2D eigenvalue weighted by Crippen LogP contribution is 2.46. The van der Waals surface area contributed by atoms with Crippen LogP contribution in [0.1, 0.15) is 56.1 Å². The first-order valence-electron chi connectivity index (χ1n) is 11.8. The molecule has 3 amide bonds. The molecule has 1 atom stereocenters. The van der Waals surface area contributed by atoms with Gasteiger partial charge in [0.1, 0.15) is 0 Å². The molecule has 3 N–H and O–H groups in total. The molecule has 1 aromatic carbocycles. The van der Waals surface area contributed by atoms with Gasteiger partial charge in [-0.3, -0.25) is 4.79 Å². The molecule has 0 radical (unpaired) electrons. The Labute approximate surface area is 197 Å². The van der Waals surface area contributed by atoms with Crippen molar-refractivity contribution in [2.75, 3.05) is 31.1 Å². The van der Waals surface area contributed by atoms with Crippen LogP contribution in [0, 0.1) is 22.7 Å². The van der Waals surface area contributed by atoms with Gasteiger partial charge in [0, 0.05) is 43.3 Å². The van der Waals surface area contributed by atoms with E-state index >= 15 is 0 Å². The van der Waals surface area contributed by atoms with E-state index in [1.54, 1.807) is 11.0 Å². The summed E-state index contributed by atoms with van der Waals surface area (Å²) in [4.78, 5) is 28.7. The number of likely N-dealkylation sites (tertiary alicyclic amines) is 1. The van der Waals surface area contributed by atoms with E-state index in [2.05, 4.69) is 5.32 Å². The van der Waals surface area contributed by atoms with Crippen LogP contribution < -0.4 is 16.0 Å². The van der Waals surface area contributed by atoms with Crippen LogP contribution in [-0.4, -0.2) is 49.1 Å². The molecule has 1 aliphatic carbocycles. The molecule has 3 aliphatic rings. The Morgan fingerprint density at radius 2 is 1.82 bits per heavy atom. The average Bonchev–Trinajstić information content (AvgIpc) is 3.18. The predicted octanol–water partition coefficient (Wildman–Crippen LogP) is 3.62. The minimum Gasteiger partial charge on any atom is -0.371 e. The SMILES string of the molecule is N#Cc1ccc(N2CCC3(CC2)CN(C(=O)NC2CCCCC2)CC3C(N)=O)cc1C(F)(F)F. The van der Waals surface area contributed by atoms with Crippen molar-refractivity contribution in [1.29, 1.82) is 5.26 Å². The molecule has 1 unspecified atom stereocenters. The lowest BCUT2D eigenvalue weighted by molar-refractivity contribution is -0.137. The summed E-state index contributed by atoms with van der Waals surface area (Å²) in [6.07, 6.45) is 1.76. The van der Waals surface area contributed by atoms with E-state index in [1.807, 2.05) is 4.90 Å². The standard InChI is InChI=1S/C24H30F3N5O2/c25-24(26,27)19-12-18(7-6-16(19)13-28)31-10-8-23(9-11-31)15-32(14-20(23)21(29)33)22(34)30-17-4-2-1-3-5-17/h6-7,12,17,20H,1-5,8-11,14-15H2,(H2,29,33)(H,30,34). The lowest BCUT2D eigenvalue weighted by atomic mass is 9.70. The zero-order valence-corrected chi connectivity index (χ0v) is 19.0. The van der Waals surface area contributed by atoms with E-state index in [9.17, 15) is 22.8 Å². The number of urea groups is 1. The second-order valence-electron chi connectivity index (χ2n) is 9.81. The molecule has 0 aromatic heterocycles. The van der Waals surface area contributed by atoms with Gasteiger partial charge in [-0.05, 0) is 43.9 Å². The summed E-state index contributed by atoms with van der Waals surface area (Å²) in [7, 11) is 0. The lowest BCUT2D eigenvalue weighted by Crippen LogP contribution is -2.48. The van der Waals surface area contributed by atoms with Crippen LogP contribution in [0.25, 0.3) is 0 Å². The number of nitrogens with zero attached hydrogens (tertiary/aromatic N) is 3. The number of piperidine rings is 1. The summed E-state index contributed by atoms with van der Waals surface area (Å²) in [5.74, 6) is -0.933. The van der Waals surface area contributed by atoms with Crippen LogP contribution in [0.4, 0.5) is 23.7 Å². The van der Waals surface area contributed by atoms with Gasteiger partial charge >= 0.3 is 12.2 Å². The number of hydrogen-bond donors (Lipinski definition) is 2. The highest BCUT2D eigenvalue weighted by atomic mass is 19.4. The van der Waals surface area contributed by atoms with Gasteiger partial charge in [-0.25, -0.2) is 4.79 Å². The fourth-order valence-corrected chi connectivity index (χ4v) is 5.81. The Morgan fingerprint density at radius 1 is 1.15 bits per heavy atom. The highest BCUT2D eigenvalue weighted by Gasteiger charge is 2.52. The van der Waals surface area contributed by atoms with Gasteiger partial charge in [-0.2, -0.15) is 18.4 Å². The van der Waals surface area contributed by atoms with Crippen molar-refractivity contribution in [1.82, 2.24) is 10.2 Å². The maximum atomic E-state index is 13.4. The van der Waals surface area contributed by atoms with Gasteiger partial charge in [-0.1, -0.05) is 19.3 Å². The summed E-state index contributed by atoms with van der Waals surface area (Å²) in [5, 5.41) is 12.1. The summed E-state index contributed by atoms with van der Waals surface area (Å²) in [6.45, 7) is 1.55. The molecule has 34 heavy (non-hydrogen) atoms. The van der Waals surface area contributed by atoms with Crippen molar-refractivity contribution >= 4 is 17.6 Å². The van der Waals surface area contributed by atoms with Crippen molar-refractivity contribution in [2.24, 2.45) is 17.1 Å². The largest absolute Gasteiger partial charge is 0.417 e. The molecule has 3 fully saturated rings. The number of primary amides is 1. The first-order valence-corrected chi connectivity index (χ1v) is 11.8. The Hall–Kier alpha value is -2.96. The fraction of sp³-hybridized carbons (Fsp3) is 0.625. The number of hydrogen-bond acceptors (Lipinski definition) is 4. The molecule has 1 saturated carbocycles. The van der Waals surface area contributed by atoms with E-state index in [1.165, 1.54) is 18.6 Å². The molecule has 0 bridgehead atoms. The van der Waals surface area contributed by atoms with Crippen LogP contribution >= 0.6 is 0 Å². The van der Waals surface area contributed by atoms with Crippen molar-refractivity contribution in [2.45, 2.75) is 57.2 Å². The van der Waals surface area contributed by atoms with Crippen molar-refractivity contribution in [3.63, 3.8) is 0 Å². The van der Waals surface area contributed by atoms with Gasteiger partial charge in [0.25, 0.3) is 0 Å². The van der Waals surface area contributed by atoms with Crippen LogP contribution in [0.3, 0.4) is 0 Å². The minimum atomic E-state index is -4.62. The Morgan fingerprint density at radius 3 is 2.41 bits per heavy atom. The van der Waals surface area contributed by atoms with Gasteiger partial charge in [-0.15, -0.1) is 0 Å². The molecular weight excluding hydrogens is 447 g/mol. The molecule has 2 heterocycles. The van der Waals surface area contributed by atoms with E-state index in [0.717, 1.165) is 31.7 Å². The van der Waals surface area contributed by atoms with Gasteiger partial charge < -0.3 is 20.9 Å². The van der Waals surface area contributed by atoms with E-state index in [0.29, 0.717) is 38.2 Å². The monoisotopic (exact) mass is 477 g/mol. The minimum absolute atomic E-state index is 0.158. The Kier molecular flexibility index (Phi) is 6.65. The molecule has 1 aromatic rings. The zero-order valence-electron chi connectivity index (χ0n) is 19.0. The normalized spacial score (nSPS) is 23.1. The quantitative estimate of drug-likeness (QED) is 0.694. The molecule has 184 valence electrons. The second-order valence-corrected chi connectivity index (χ2v) is 9.81. The number of nitrogens with one attached hydrogen (secondary N) is 1. The third kappa shape index (κ3) is 4.79. The summed E-state index contributed by atoms with van der Waals surface area (Å²) < 4.78 is 40.2. The number of carbonyl (C=O) groups excluding carboxylic acids is 2. The van der Waals surface area contributed by atoms with Crippen LogP contribution in [0.2, 0.25) is 0 Å². The number of halogens is 3. The number of carbonyl (C=O) groups is 2. The average molecular weight is 478 g/mol. The van der Waals surface area contributed by atoms with Crippen LogP contribution in [0.5, 0.6) is 0 Å². The first kappa shape index (κ1) is 24.2. The third-order valence-corrected chi connectivity index (χ3v) is 7.76. The van der Waals surface area contributed by atoms with E-state index < -0.39 is 34.5 Å². The van der Waals surface area contributed by atoms with Crippen LogP contribution in [0.15, 0.2) is 18.2 Å². The molecule has 10 heteroatoms. The third-order valence-electron chi connectivity index (χ3n) is 7.76. The molecule has 2 aliphatic heterocycles. The molecule has 1 spiro atoms. The van der Waals surface area contributed by atoms with Gasteiger partial charge in [0.05, 0.1) is 23.1 Å². The maximum Gasteiger partial charge on any atom is 0.417 e. The van der Waals surface area contributed by atoms with E-state index in [-0.39, 0.29) is 18.6 Å². The maximum absolute atomic E-state index is 13.4. The fourth-order valence-electron chi connectivity index (χ4n) is 5.81. The molecular formula is C24H30F3N5O2. The summed E-state index contributed by atoms with van der Waals surface area (Å²) in [5.41, 5.74) is 4.28. The first-order chi connectivity index (χ1) is 16.1. The lowest BCUT2D eigenvalue weighted by Gasteiger charge is -2.42. The number of rotatable bonds is 3. The van der Waals surface area contributed by atoms with E-state index in [4.69, 9.17) is 11.0 Å². The van der Waals surface area contributed by atoms with Crippen molar-refractivity contribution in [3.05, 3.63) is 29.3 Å². The van der Waals surface area contributed by atoms with Gasteiger partial charge in [0.2, 0.25) is 5.91 Å². The second kappa shape index (κ2) is 9.35. The van der Waals surface area contributed by atoms with Crippen LogP contribution in [-0.2, 0) is 11.0 Å². The van der Waals surface area contributed by atoms with Crippen molar-refractivity contribution < 1.29 is 22.8 Å². The van der Waals surface area contributed by atoms with Crippen molar-refractivity contribution in [3.8, 4) is 6.07 Å². The Balaban J connectivity index is 1.46. The molecule has 7 nitrogen and oxygen atoms in total. The van der Waals surface area contributed by atoms with Gasteiger partial charge in [0.15, 0.2) is 0 Å². The topological polar surface area (TPSA) is 102 Å². The Bertz CT molecular complexity index is 976. The summed E-state index contributed by atoms with van der Waals surface area (Å²) >= 11 is 0. The number of nitrogens with two attached hydrogens (primary N) is 1. The molecule has 4 rings (SSSR count). The summed E-state index contributed by atoms with van der Waals surface area (Å²) in [6, 6.07) is 5.33.